The van der Waals surface area contributed by atoms with E-state index in [0.717, 1.165) is 0 Å². The molecule has 8 aromatic rings. The summed E-state index contributed by atoms with van der Waals surface area (Å²) >= 11 is 0. The molecule has 0 aliphatic rings. The molecule has 0 N–H and O–H groups in total. The van der Waals surface area contributed by atoms with Crippen molar-refractivity contribution in [3.63, 3.8) is 0 Å². The highest BCUT2D eigenvalue weighted by Crippen LogP contribution is 2.37. The highest BCUT2D eigenvalue weighted by molar-refractivity contribution is 6.12. The van der Waals surface area contributed by atoms with Crippen molar-refractivity contribution in [1.29, 1.82) is 0 Å². The van der Waals surface area contributed by atoms with Crippen molar-refractivity contribution in [2.45, 2.75) is 19.3 Å². The van der Waals surface area contributed by atoms with E-state index in [-0.39, 0.29) is 5.41 Å². The van der Waals surface area contributed by atoms with Crippen molar-refractivity contribution in [3.8, 4) is 11.4 Å². The summed E-state index contributed by atoms with van der Waals surface area (Å²) in [6.45, 7) is 4.60. The lowest BCUT2D eigenvalue weighted by molar-refractivity contribution is 0.641. The second-order valence-corrected chi connectivity index (χ2v) is 11.5. The molecule has 0 saturated heterocycles. The maximum absolute atomic E-state index is 2.40. The SMILES string of the molecule is CC(C)(c1ccccc1)c1ccc(-n2c3ccccc3c3cc(-n4c5ccccc5c5ccccc54)ccc32)cc1. The molecule has 2 nitrogen and oxygen atoms in total. The Labute approximate surface area is 239 Å². The average molecular weight is 527 g/mol. The zero-order chi connectivity index (χ0) is 27.6. The van der Waals surface area contributed by atoms with Gasteiger partial charge in [0, 0.05) is 38.3 Å². The highest BCUT2D eigenvalue weighted by Gasteiger charge is 2.23. The van der Waals surface area contributed by atoms with Crippen molar-refractivity contribution < 1.29 is 0 Å². The monoisotopic (exact) mass is 526 g/mol. The fourth-order valence-corrected chi connectivity index (χ4v) is 6.63. The van der Waals surface area contributed by atoms with Gasteiger partial charge in [-0.05, 0) is 59.7 Å². The van der Waals surface area contributed by atoms with E-state index in [4.69, 9.17) is 0 Å². The molecule has 6 aromatic carbocycles. The maximum atomic E-state index is 2.40. The lowest BCUT2D eigenvalue weighted by Crippen LogP contribution is -2.18. The summed E-state index contributed by atoms with van der Waals surface area (Å²) in [7, 11) is 0. The Morgan fingerprint density at radius 1 is 0.366 bits per heavy atom. The number of aromatic nitrogens is 2. The molecule has 0 atom stereocenters. The van der Waals surface area contributed by atoms with Crippen molar-refractivity contribution in [2.75, 3.05) is 0 Å². The average Bonchev–Trinajstić information content (AvgIpc) is 3.54. The van der Waals surface area contributed by atoms with E-state index in [1.54, 1.807) is 0 Å². The third-order valence-corrected chi connectivity index (χ3v) is 8.84. The van der Waals surface area contributed by atoms with Crippen molar-refractivity contribution in [2.24, 2.45) is 0 Å². The predicted molar refractivity (Wildman–Crippen MR) is 174 cm³/mol. The quantitative estimate of drug-likeness (QED) is 0.216. The number of benzene rings is 6. The Morgan fingerprint density at radius 3 is 1.37 bits per heavy atom. The van der Waals surface area contributed by atoms with Crippen LogP contribution in [-0.4, -0.2) is 9.13 Å². The first-order valence-corrected chi connectivity index (χ1v) is 14.3. The van der Waals surface area contributed by atoms with Gasteiger partial charge in [-0.2, -0.15) is 0 Å². The number of para-hydroxylation sites is 3. The number of hydrogen-bond donors (Lipinski definition) is 0. The zero-order valence-electron chi connectivity index (χ0n) is 23.3. The van der Waals surface area contributed by atoms with Crippen molar-refractivity contribution >= 4 is 43.6 Å². The van der Waals surface area contributed by atoms with Crippen LogP contribution in [0, 0.1) is 0 Å². The van der Waals surface area contributed by atoms with Crippen molar-refractivity contribution in [1.82, 2.24) is 9.13 Å². The molecule has 2 heteroatoms. The molecule has 41 heavy (non-hydrogen) atoms. The lowest BCUT2D eigenvalue weighted by atomic mass is 9.78. The Bertz CT molecular complexity index is 2160. The molecule has 8 rings (SSSR count). The van der Waals surface area contributed by atoms with Crippen LogP contribution in [0.25, 0.3) is 55.0 Å². The number of hydrogen-bond acceptors (Lipinski definition) is 0. The first kappa shape index (κ1) is 23.8. The fourth-order valence-electron chi connectivity index (χ4n) is 6.63. The summed E-state index contributed by atoms with van der Waals surface area (Å²) in [5, 5.41) is 5.08. The van der Waals surface area contributed by atoms with Crippen LogP contribution in [0.2, 0.25) is 0 Å². The summed E-state index contributed by atoms with van der Waals surface area (Å²) in [6.07, 6.45) is 0. The van der Waals surface area contributed by atoms with Gasteiger partial charge in [0.05, 0.1) is 22.1 Å². The minimum atomic E-state index is -0.0716. The van der Waals surface area contributed by atoms with E-state index in [9.17, 15) is 0 Å². The van der Waals surface area contributed by atoms with Gasteiger partial charge >= 0.3 is 0 Å². The molecule has 0 radical (unpaired) electrons. The van der Waals surface area contributed by atoms with Gasteiger partial charge in [-0.25, -0.2) is 0 Å². The predicted octanol–water partition coefficient (Wildman–Crippen LogP) is 10.2. The number of nitrogens with zero attached hydrogens (tertiary/aromatic N) is 2. The van der Waals surface area contributed by atoms with Crippen LogP contribution in [0.5, 0.6) is 0 Å². The van der Waals surface area contributed by atoms with Gasteiger partial charge < -0.3 is 9.13 Å². The van der Waals surface area contributed by atoms with Crippen LogP contribution in [0.4, 0.5) is 0 Å². The summed E-state index contributed by atoms with van der Waals surface area (Å²) in [6, 6.07) is 53.0. The Hall–Kier alpha value is -5.08. The smallest absolute Gasteiger partial charge is 0.0542 e. The second-order valence-electron chi connectivity index (χ2n) is 11.5. The Kier molecular flexibility index (Phi) is 5.20. The van der Waals surface area contributed by atoms with Gasteiger partial charge in [0.25, 0.3) is 0 Å². The van der Waals surface area contributed by atoms with Crippen LogP contribution in [0.1, 0.15) is 25.0 Å². The maximum Gasteiger partial charge on any atom is 0.0542 e. The van der Waals surface area contributed by atoms with E-state index >= 15 is 0 Å². The van der Waals surface area contributed by atoms with Gasteiger partial charge in [0.2, 0.25) is 0 Å². The molecule has 0 amide bonds. The molecular weight excluding hydrogens is 496 g/mol. The lowest BCUT2D eigenvalue weighted by Gasteiger charge is -2.26. The summed E-state index contributed by atoms with van der Waals surface area (Å²) < 4.78 is 4.80. The van der Waals surface area contributed by atoms with Gasteiger partial charge in [0.15, 0.2) is 0 Å². The summed E-state index contributed by atoms with van der Waals surface area (Å²) in [5.74, 6) is 0. The summed E-state index contributed by atoms with van der Waals surface area (Å²) in [4.78, 5) is 0. The van der Waals surface area contributed by atoms with Crippen LogP contribution in [0.15, 0.2) is 146 Å². The molecule has 0 spiro atoms. The number of rotatable bonds is 4. The highest BCUT2D eigenvalue weighted by atomic mass is 15.0. The van der Waals surface area contributed by atoms with Gasteiger partial charge in [-0.3, -0.25) is 0 Å². The van der Waals surface area contributed by atoms with Gasteiger partial charge in [-0.15, -0.1) is 0 Å². The van der Waals surface area contributed by atoms with Crippen LogP contribution in [0.3, 0.4) is 0 Å². The first-order valence-electron chi connectivity index (χ1n) is 14.3. The van der Waals surface area contributed by atoms with Crippen LogP contribution in [-0.2, 0) is 5.41 Å². The molecule has 0 unspecified atom stereocenters. The normalized spacial score (nSPS) is 12.1. The molecule has 196 valence electrons. The third-order valence-electron chi connectivity index (χ3n) is 8.84. The molecule has 2 aromatic heterocycles. The molecule has 0 saturated carbocycles. The Balaban J connectivity index is 1.31. The molecule has 0 bridgehead atoms. The molecule has 0 aliphatic heterocycles. The topological polar surface area (TPSA) is 9.86 Å². The second kappa shape index (κ2) is 8.97. The molecule has 2 heterocycles. The molecular formula is C39H30N2. The van der Waals surface area contributed by atoms with Gasteiger partial charge in [-0.1, -0.05) is 111 Å². The van der Waals surface area contributed by atoms with Crippen LogP contribution < -0.4 is 0 Å². The zero-order valence-corrected chi connectivity index (χ0v) is 23.3. The minimum absolute atomic E-state index is 0.0716. The third kappa shape index (κ3) is 3.57. The van der Waals surface area contributed by atoms with Crippen molar-refractivity contribution in [3.05, 3.63) is 157 Å². The van der Waals surface area contributed by atoms with E-state index < -0.39 is 0 Å². The van der Waals surface area contributed by atoms with Crippen LogP contribution >= 0.6 is 0 Å². The standard InChI is InChI=1S/C39H30N2/c1-39(2,27-12-4-3-5-13-27)28-20-22-29(23-21-28)40-37-19-11-8-16-33(37)34-26-30(24-25-38(34)40)41-35-17-9-6-14-31(35)32-15-7-10-18-36(32)41/h3-26H,1-2H3. The van der Waals surface area contributed by atoms with E-state index in [2.05, 4.69) is 169 Å². The number of fused-ring (bicyclic) bond motifs is 6. The van der Waals surface area contributed by atoms with E-state index in [0.29, 0.717) is 0 Å². The first-order chi connectivity index (χ1) is 20.1. The Morgan fingerprint density at radius 2 is 0.780 bits per heavy atom. The minimum Gasteiger partial charge on any atom is -0.309 e. The fraction of sp³-hybridized carbons (Fsp3) is 0.0769. The van der Waals surface area contributed by atoms with E-state index in [1.165, 1.54) is 66.1 Å². The molecule has 0 fully saturated rings. The van der Waals surface area contributed by atoms with E-state index in [1.807, 2.05) is 0 Å². The summed E-state index contributed by atoms with van der Waals surface area (Å²) in [5.41, 5.74) is 9.80. The van der Waals surface area contributed by atoms with Gasteiger partial charge in [0.1, 0.15) is 0 Å². The molecule has 0 aliphatic carbocycles. The largest absolute Gasteiger partial charge is 0.309 e.